The summed E-state index contributed by atoms with van der Waals surface area (Å²) in [7, 11) is 4.09. The predicted molar refractivity (Wildman–Crippen MR) is 86.0 cm³/mol. The van der Waals surface area contributed by atoms with E-state index in [-0.39, 0.29) is 12.0 Å². The molecule has 0 aromatic heterocycles. The molecule has 0 bridgehead atoms. The molecule has 0 radical (unpaired) electrons. The lowest BCUT2D eigenvalue weighted by molar-refractivity contribution is 0.0219. The van der Waals surface area contributed by atoms with Gasteiger partial charge in [-0.1, -0.05) is 12.1 Å². The summed E-state index contributed by atoms with van der Waals surface area (Å²) in [5.74, 6) is -0.884. The van der Waals surface area contributed by atoms with Crippen LogP contribution in [0.1, 0.15) is 28.8 Å². The number of piperidine rings is 1. The third-order valence-corrected chi connectivity index (χ3v) is 4.48. The van der Waals surface area contributed by atoms with Crippen molar-refractivity contribution >= 4 is 5.97 Å². The van der Waals surface area contributed by atoms with E-state index in [1.54, 1.807) is 18.2 Å². The van der Waals surface area contributed by atoms with E-state index in [0.717, 1.165) is 44.6 Å². The molecule has 1 aromatic rings. The standard InChI is InChI=1S/C17H26N2O3/c1-18(2)12-17(13-20)6-8-19(9-7-17)11-14-4-3-5-15(10-14)16(21)22/h3-5,10,20H,6-9,11-13H2,1-2H3,(H,21,22). The second kappa shape index (κ2) is 7.22. The van der Waals surface area contributed by atoms with Gasteiger partial charge >= 0.3 is 5.97 Å². The van der Waals surface area contributed by atoms with Crippen LogP contribution in [0.25, 0.3) is 0 Å². The third-order valence-electron chi connectivity index (χ3n) is 4.48. The predicted octanol–water partition coefficient (Wildman–Crippen LogP) is 1.52. The first-order chi connectivity index (χ1) is 10.4. The summed E-state index contributed by atoms with van der Waals surface area (Å²) in [5, 5.41) is 18.8. The smallest absolute Gasteiger partial charge is 0.335 e. The lowest BCUT2D eigenvalue weighted by Gasteiger charge is -2.42. The molecule has 0 spiro atoms. The van der Waals surface area contributed by atoms with Crippen LogP contribution in [-0.4, -0.2) is 66.3 Å². The average molecular weight is 306 g/mol. The van der Waals surface area contributed by atoms with Gasteiger partial charge in [-0.15, -0.1) is 0 Å². The Morgan fingerprint density at radius 1 is 1.32 bits per heavy atom. The molecule has 0 saturated carbocycles. The first-order valence-electron chi connectivity index (χ1n) is 7.74. The van der Waals surface area contributed by atoms with E-state index in [0.29, 0.717) is 5.56 Å². The van der Waals surface area contributed by atoms with Crippen molar-refractivity contribution in [3.63, 3.8) is 0 Å². The van der Waals surface area contributed by atoms with Crippen LogP contribution in [0, 0.1) is 5.41 Å². The second-order valence-electron chi connectivity index (χ2n) is 6.68. The van der Waals surface area contributed by atoms with Crippen molar-refractivity contribution in [2.24, 2.45) is 5.41 Å². The van der Waals surface area contributed by atoms with E-state index in [2.05, 4.69) is 9.80 Å². The minimum atomic E-state index is -0.884. The van der Waals surface area contributed by atoms with Gasteiger partial charge in [-0.05, 0) is 57.7 Å². The molecule has 0 unspecified atom stereocenters. The van der Waals surface area contributed by atoms with Crippen LogP contribution in [0.5, 0.6) is 0 Å². The molecular formula is C17H26N2O3. The SMILES string of the molecule is CN(C)CC1(CO)CCN(Cc2cccc(C(=O)O)c2)CC1. The Labute approximate surface area is 132 Å². The molecular weight excluding hydrogens is 280 g/mol. The van der Waals surface area contributed by atoms with Gasteiger partial charge in [0.15, 0.2) is 0 Å². The number of likely N-dealkylation sites (tertiary alicyclic amines) is 1. The normalized spacial score (nSPS) is 18.5. The van der Waals surface area contributed by atoms with E-state index >= 15 is 0 Å². The van der Waals surface area contributed by atoms with Crippen molar-refractivity contribution in [1.82, 2.24) is 9.80 Å². The molecule has 1 aliphatic rings. The lowest BCUT2D eigenvalue weighted by Crippen LogP contribution is -2.46. The third kappa shape index (κ3) is 4.29. The molecule has 0 atom stereocenters. The molecule has 122 valence electrons. The monoisotopic (exact) mass is 306 g/mol. The fourth-order valence-electron chi connectivity index (χ4n) is 3.28. The van der Waals surface area contributed by atoms with Crippen LogP contribution in [0.15, 0.2) is 24.3 Å². The number of rotatable bonds is 6. The van der Waals surface area contributed by atoms with E-state index in [1.165, 1.54) is 0 Å². The summed E-state index contributed by atoms with van der Waals surface area (Å²) in [5.41, 5.74) is 1.37. The molecule has 2 N–H and O–H groups in total. The summed E-state index contributed by atoms with van der Waals surface area (Å²) < 4.78 is 0. The van der Waals surface area contributed by atoms with Gasteiger partial charge in [0.05, 0.1) is 12.2 Å². The maximum absolute atomic E-state index is 11.0. The van der Waals surface area contributed by atoms with Crippen LogP contribution in [0.4, 0.5) is 0 Å². The molecule has 22 heavy (non-hydrogen) atoms. The second-order valence-corrected chi connectivity index (χ2v) is 6.68. The van der Waals surface area contributed by atoms with Gasteiger partial charge in [0, 0.05) is 18.5 Å². The summed E-state index contributed by atoms with van der Waals surface area (Å²) >= 11 is 0. The van der Waals surface area contributed by atoms with Gasteiger partial charge in [-0.2, -0.15) is 0 Å². The van der Waals surface area contributed by atoms with Gasteiger partial charge in [0.2, 0.25) is 0 Å². The largest absolute Gasteiger partial charge is 0.478 e. The number of carbonyl (C=O) groups is 1. The number of hydrogen-bond donors (Lipinski definition) is 2. The van der Waals surface area contributed by atoms with Crippen molar-refractivity contribution in [3.05, 3.63) is 35.4 Å². The maximum atomic E-state index is 11.0. The lowest BCUT2D eigenvalue weighted by atomic mass is 9.78. The summed E-state index contributed by atoms with van der Waals surface area (Å²) in [6, 6.07) is 7.14. The number of aliphatic hydroxyl groups is 1. The Kier molecular flexibility index (Phi) is 5.56. The van der Waals surface area contributed by atoms with Gasteiger partial charge in [0.25, 0.3) is 0 Å². The quantitative estimate of drug-likeness (QED) is 0.834. The molecule has 5 heteroatoms. The molecule has 5 nitrogen and oxygen atoms in total. The highest BCUT2D eigenvalue weighted by molar-refractivity contribution is 5.87. The number of nitrogens with zero attached hydrogens (tertiary/aromatic N) is 2. The first kappa shape index (κ1) is 16.9. The maximum Gasteiger partial charge on any atom is 0.335 e. The zero-order valence-corrected chi connectivity index (χ0v) is 13.5. The Morgan fingerprint density at radius 2 is 2.00 bits per heavy atom. The number of carboxylic acid groups (broad SMARTS) is 1. The van der Waals surface area contributed by atoms with E-state index in [4.69, 9.17) is 5.11 Å². The Hall–Kier alpha value is -1.43. The molecule has 1 aromatic carbocycles. The van der Waals surface area contributed by atoms with Crippen molar-refractivity contribution in [2.75, 3.05) is 40.3 Å². The molecule has 2 rings (SSSR count). The number of aliphatic hydroxyl groups excluding tert-OH is 1. The van der Waals surface area contributed by atoms with Crippen LogP contribution in [-0.2, 0) is 6.54 Å². The zero-order valence-electron chi connectivity index (χ0n) is 13.5. The molecule has 1 saturated heterocycles. The molecule has 0 aliphatic carbocycles. The van der Waals surface area contributed by atoms with Crippen molar-refractivity contribution in [3.8, 4) is 0 Å². The van der Waals surface area contributed by atoms with Crippen LogP contribution < -0.4 is 0 Å². The topological polar surface area (TPSA) is 64.0 Å². The summed E-state index contributed by atoms with van der Waals surface area (Å²) in [6.07, 6.45) is 1.95. The van der Waals surface area contributed by atoms with Gasteiger partial charge < -0.3 is 15.1 Å². The number of aromatic carboxylic acids is 1. The molecule has 0 amide bonds. The van der Waals surface area contributed by atoms with Crippen molar-refractivity contribution in [2.45, 2.75) is 19.4 Å². The van der Waals surface area contributed by atoms with E-state index in [9.17, 15) is 9.90 Å². The fraction of sp³-hybridized carbons (Fsp3) is 0.588. The van der Waals surface area contributed by atoms with Crippen molar-refractivity contribution in [1.29, 1.82) is 0 Å². The zero-order chi connectivity index (χ0) is 16.2. The Balaban J connectivity index is 1.94. The summed E-state index contributed by atoms with van der Waals surface area (Å²) in [4.78, 5) is 15.5. The summed E-state index contributed by atoms with van der Waals surface area (Å²) in [6.45, 7) is 3.78. The fourth-order valence-corrected chi connectivity index (χ4v) is 3.28. The molecule has 1 aliphatic heterocycles. The van der Waals surface area contributed by atoms with E-state index < -0.39 is 5.97 Å². The molecule has 1 fully saturated rings. The highest BCUT2D eigenvalue weighted by Gasteiger charge is 2.34. The van der Waals surface area contributed by atoms with Gasteiger partial charge in [0.1, 0.15) is 0 Å². The number of benzene rings is 1. The average Bonchev–Trinajstić information content (AvgIpc) is 2.49. The van der Waals surface area contributed by atoms with Gasteiger partial charge in [-0.3, -0.25) is 4.90 Å². The highest BCUT2D eigenvalue weighted by Crippen LogP contribution is 2.32. The van der Waals surface area contributed by atoms with Gasteiger partial charge in [-0.25, -0.2) is 4.79 Å². The minimum absolute atomic E-state index is 0.00289. The number of carboxylic acids is 1. The van der Waals surface area contributed by atoms with Crippen LogP contribution in [0.2, 0.25) is 0 Å². The number of hydrogen-bond acceptors (Lipinski definition) is 4. The Morgan fingerprint density at radius 3 is 2.55 bits per heavy atom. The first-order valence-corrected chi connectivity index (χ1v) is 7.74. The Bertz CT molecular complexity index is 508. The molecule has 1 heterocycles. The van der Waals surface area contributed by atoms with Crippen LogP contribution in [0.3, 0.4) is 0 Å². The van der Waals surface area contributed by atoms with E-state index in [1.807, 2.05) is 20.2 Å². The minimum Gasteiger partial charge on any atom is -0.478 e. The van der Waals surface area contributed by atoms with Crippen molar-refractivity contribution < 1.29 is 15.0 Å². The highest BCUT2D eigenvalue weighted by atomic mass is 16.4. The van der Waals surface area contributed by atoms with Crippen LogP contribution >= 0.6 is 0 Å².